The molecule has 0 spiro atoms. The highest BCUT2D eigenvalue weighted by atomic mass is 19.4. The first kappa shape index (κ1) is 21.1. The van der Waals surface area contributed by atoms with Crippen LogP contribution in [0.1, 0.15) is 16.1 Å². The summed E-state index contributed by atoms with van der Waals surface area (Å²) in [5, 5.41) is 2.30. The van der Waals surface area contributed by atoms with Gasteiger partial charge in [0, 0.05) is 17.4 Å². The summed E-state index contributed by atoms with van der Waals surface area (Å²) in [4.78, 5) is 15.9. The Balaban J connectivity index is 1.90. The number of anilines is 1. The van der Waals surface area contributed by atoms with Gasteiger partial charge in [-0.05, 0) is 48.5 Å². The molecule has 0 aliphatic rings. The summed E-state index contributed by atoms with van der Waals surface area (Å²) < 4.78 is 74.1. The Bertz CT molecular complexity index is 1020. The van der Waals surface area contributed by atoms with E-state index in [0.29, 0.717) is 11.4 Å². The predicted molar refractivity (Wildman–Crippen MR) is 96.1 cm³/mol. The largest absolute Gasteiger partial charge is 0.497 e. The molecular weight excluding hydrogens is 413 g/mol. The first-order valence-corrected chi connectivity index (χ1v) is 8.34. The van der Waals surface area contributed by atoms with Gasteiger partial charge in [0.25, 0.3) is 5.91 Å². The van der Waals surface area contributed by atoms with E-state index >= 15 is 0 Å². The van der Waals surface area contributed by atoms with Gasteiger partial charge in [-0.1, -0.05) is 0 Å². The first-order valence-electron chi connectivity index (χ1n) is 8.34. The number of ether oxygens (including phenoxy) is 2. The molecule has 3 aromatic rings. The third-order valence-electron chi connectivity index (χ3n) is 3.91. The van der Waals surface area contributed by atoms with Crippen molar-refractivity contribution in [1.29, 1.82) is 0 Å². The van der Waals surface area contributed by atoms with Gasteiger partial charge in [0.1, 0.15) is 11.5 Å². The number of imidazole rings is 1. The topological polar surface area (TPSA) is 65.4 Å². The third kappa shape index (κ3) is 4.85. The van der Waals surface area contributed by atoms with E-state index in [2.05, 4.69) is 15.0 Å². The highest BCUT2D eigenvalue weighted by Gasteiger charge is 2.35. The molecule has 0 saturated heterocycles. The van der Waals surface area contributed by atoms with Gasteiger partial charge in [-0.2, -0.15) is 22.0 Å². The molecule has 0 bridgehead atoms. The van der Waals surface area contributed by atoms with E-state index in [1.54, 1.807) is 0 Å². The number of hydrogen-bond donors (Lipinski definition) is 1. The van der Waals surface area contributed by atoms with Gasteiger partial charge in [0.2, 0.25) is 5.95 Å². The maximum atomic E-state index is 13.1. The quantitative estimate of drug-likeness (QED) is 0.577. The number of carbonyl (C=O) groups is 1. The van der Waals surface area contributed by atoms with Gasteiger partial charge in [0.05, 0.1) is 7.11 Å². The van der Waals surface area contributed by atoms with Gasteiger partial charge in [-0.25, -0.2) is 4.98 Å². The van der Waals surface area contributed by atoms with Crippen LogP contribution in [0.3, 0.4) is 0 Å². The van der Waals surface area contributed by atoms with Gasteiger partial charge in [-0.15, -0.1) is 0 Å². The normalized spacial score (nSPS) is 11.4. The van der Waals surface area contributed by atoms with Crippen molar-refractivity contribution in [2.45, 2.75) is 12.8 Å². The number of alkyl halides is 5. The Labute approximate surface area is 166 Å². The fraction of sp³-hybridized carbons (Fsp3) is 0.158. The molecule has 0 fully saturated rings. The molecule has 30 heavy (non-hydrogen) atoms. The minimum absolute atomic E-state index is 0.00876. The lowest BCUT2D eigenvalue weighted by Crippen LogP contribution is -2.15. The van der Waals surface area contributed by atoms with E-state index in [4.69, 9.17) is 4.74 Å². The summed E-state index contributed by atoms with van der Waals surface area (Å²) in [5.41, 5.74) is -0.890. The number of aromatic nitrogens is 2. The van der Waals surface area contributed by atoms with E-state index in [1.165, 1.54) is 43.5 Å². The average molecular weight is 427 g/mol. The predicted octanol–water partition coefficient (Wildman–Crippen LogP) is 4.75. The Morgan fingerprint density at radius 1 is 1.03 bits per heavy atom. The zero-order chi connectivity index (χ0) is 21.9. The number of nitrogens with one attached hydrogen (secondary N) is 1. The van der Waals surface area contributed by atoms with Crippen molar-refractivity contribution in [3.8, 4) is 17.2 Å². The number of hydrogen-bond acceptors (Lipinski definition) is 4. The zero-order valence-corrected chi connectivity index (χ0v) is 15.3. The van der Waals surface area contributed by atoms with E-state index < -0.39 is 24.4 Å². The van der Waals surface area contributed by atoms with Crippen LogP contribution < -0.4 is 14.8 Å². The molecule has 0 aliphatic carbocycles. The molecule has 1 amide bonds. The smallest absolute Gasteiger partial charge is 0.434 e. The lowest BCUT2D eigenvalue weighted by Gasteiger charge is -2.10. The molecule has 3 rings (SSSR count). The monoisotopic (exact) mass is 427 g/mol. The molecule has 0 aliphatic heterocycles. The second-order valence-corrected chi connectivity index (χ2v) is 5.87. The minimum atomic E-state index is -4.73. The van der Waals surface area contributed by atoms with Crippen LogP contribution in [0, 0.1) is 0 Å². The molecule has 11 heteroatoms. The molecule has 1 heterocycles. The van der Waals surface area contributed by atoms with Crippen LogP contribution in [-0.2, 0) is 6.18 Å². The Morgan fingerprint density at radius 3 is 2.17 bits per heavy atom. The van der Waals surface area contributed by atoms with Crippen LogP contribution in [0.25, 0.3) is 5.69 Å². The average Bonchev–Trinajstić information content (AvgIpc) is 3.12. The van der Waals surface area contributed by atoms with Crippen LogP contribution in [0.2, 0.25) is 0 Å². The second kappa shape index (κ2) is 8.39. The summed E-state index contributed by atoms with van der Waals surface area (Å²) in [7, 11) is 1.44. The molecule has 2 aromatic carbocycles. The van der Waals surface area contributed by atoms with Crippen LogP contribution in [-0.4, -0.2) is 29.2 Å². The van der Waals surface area contributed by atoms with E-state index in [9.17, 15) is 26.7 Å². The summed E-state index contributed by atoms with van der Waals surface area (Å²) >= 11 is 0. The number of carbonyl (C=O) groups excluding carboxylic acids is 1. The number of halogens is 5. The summed E-state index contributed by atoms with van der Waals surface area (Å²) in [5.74, 6) is -0.828. The highest BCUT2D eigenvalue weighted by Crippen LogP contribution is 2.31. The molecule has 0 atom stereocenters. The van der Waals surface area contributed by atoms with Crippen molar-refractivity contribution in [3.63, 3.8) is 0 Å². The van der Waals surface area contributed by atoms with Crippen LogP contribution in [0.4, 0.5) is 27.9 Å². The molecule has 0 unspecified atom stereocenters. The van der Waals surface area contributed by atoms with Crippen molar-refractivity contribution in [1.82, 2.24) is 9.55 Å². The minimum Gasteiger partial charge on any atom is -0.497 e. The molecular formula is C19H14F5N3O3. The fourth-order valence-electron chi connectivity index (χ4n) is 2.51. The van der Waals surface area contributed by atoms with Crippen molar-refractivity contribution in [2.75, 3.05) is 12.4 Å². The Hall–Kier alpha value is -3.63. The number of benzene rings is 2. The number of methoxy groups -OCH3 is 1. The van der Waals surface area contributed by atoms with E-state index in [1.807, 2.05) is 0 Å². The van der Waals surface area contributed by atoms with Gasteiger partial charge < -0.3 is 9.47 Å². The van der Waals surface area contributed by atoms with Crippen LogP contribution >= 0.6 is 0 Å². The second-order valence-electron chi connectivity index (χ2n) is 5.87. The first-order chi connectivity index (χ1) is 14.2. The number of amides is 1. The molecule has 1 N–H and O–H groups in total. The van der Waals surface area contributed by atoms with Gasteiger partial charge in [0.15, 0.2) is 5.69 Å². The number of rotatable bonds is 6. The maximum absolute atomic E-state index is 13.1. The highest BCUT2D eigenvalue weighted by molar-refractivity contribution is 6.03. The summed E-state index contributed by atoms with van der Waals surface area (Å²) in [6.07, 6.45) is -3.98. The van der Waals surface area contributed by atoms with Crippen molar-refractivity contribution in [2.24, 2.45) is 0 Å². The lowest BCUT2D eigenvalue weighted by molar-refractivity contribution is -0.140. The van der Waals surface area contributed by atoms with Crippen LogP contribution in [0.15, 0.2) is 54.7 Å². The Morgan fingerprint density at radius 2 is 1.63 bits per heavy atom. The lowest BCUT2D eigenvalue weighted by atomic mass is 10.2. The van der Waals surface area contributed by atoms with Crippen molar-refractivity contribution >= 4 is 11.9 Å². The third-order valence-corrected chi connectivity index (χ3v) is 3.91. The summed E-state index contributed by atoms with van der Waals surface area (Å²) in [6.45, 7) is -3.03. The summed E-state index contributed by atoms with van der Waals surface area (Å²) in [6, 6.07) is 10.7. The zero-order valence-electron chi connectivity index (χ0n) is 15.3. The van der Waals surface area contributed by atoms with Crippen molar-refractivity contribution < 1.29 is 36.2 Å². The molecule has 158 valence electrons. The maximum Gasteiger partial charge on any atom is 0.434 e. The molecule has 6 nitrogen and oxygen atoms in total. The molecule has 1 aromatic heterocycles. The SMILES string of the molecule is COc1ccc(-n2cc(C(F)(F)F)nc2NC(=O)c2ccc(OC(F)F)cc2)cc1. The standard InChI is InChI=1S/C19H14F5N3O3/c1-29-13-8-4-12(5-9-13)27-10-15(19(22,23)24)25-18(27)26-16(28)11-2-6-14(7-3-11)30-17(20)21/h2-10,17H,1H3,(H,25,26,28). The van der Waals surface area contributed by atoms with Gasteiger partial charge in [-0.3, -0.25) is 14.7 Å². The van der Waals surface area contributed by atoms with Crippen LogP contribution in [0.5, 0.6) is 11.5 Å². The van der Waals surface area contributed by atoms with Crippen molar-refractivity contribution in [3.05, 3.63) is 66.0 Å². The fourth-order valence-corrected chi connectivity index (χ4v) is 2.51. The van der Waals surface area contributed by atoms with Gasteiger partial charge >= 0.3 is 12.8 Å². The molecule has 0 radical (unpaired) electrons. The van der Waals surface area contributed by atoms with E-state index in [-0.39, 0.29) is 17.3 Å². The Kier molecular flexibility index (Phi) is 5.90. The molecule has 0 saturated carbocycles. The van der Waals surface area contributed by atoms with E-state index in [0.717, 1.165) is 22.9 Å². The number of nitrogens with zero attached hydrogens (tertiary/aromatic N) is 2.